The van der Waals surface area contributed by atoms with Crippen molar-refractivity contribution in [2.75, 3.05) is 18.0 Å². The first kappa shape index (κ1) is 12.6. The number of aromatic nitrogens is 1. The minimum atomic E-state index is 0.305. The van der Waals surface area contributed by atoms with Crippen molar-refractivity contribution in [3.8, 4) is 0 Å². The molecule has 0 aromatic carbocycles. The van der Waals surface area contributed by atoms with E-state index in [2.05, 4.69) is 23.7 Å². The second kappa shape index (κ2) is 5.54. The van der Waals surface area contributed by atoms with Crippen molar-refractivity contribution in [1.29, 1.82) is 0 Å². The minimum Gasteiger partial charge on any atom is -0.352 e. The van der Waals surface area contributed by atoms with Gasteiger partial charge in [0.2, 0.25) is 0 Å². The van der Waals surface area contributed by atoms with Crippen LogP contribution in [0.15, 0.2) is 12.3 Å². The van der Waals surface area contributed by atoms with Gasteiger partial charge < -0.3 is 10.6 Å². The van der Waals surface area contributed by atoms with E-state index in [1.165, 1.54) is 0 Å². The van der Waals surface area contributed by atoms with Crippen LogP contribution in [0.1, 0.15) is 13.8 Å². The maximum atomic E-state index is 6.07. The summed E-state index contributed by atoms with van der Waals surface area (Å²) in [5.41, 5.74) is 5.55. The molecule has 2 N–H and O–H groups in total. The van der Waals surface area contributed by atoms with Crippen molar-refractivity contribution in [3.63, 3.8) is 0 Å². The van der Waals surface area contributed by atoms with Crippen molar-refractivity contribution < 1.29 is 0 Å². The summed E-state index contributed by atoms with van der Waals surface area (Å²) >= 11 is 11.9. The van der Waals surface area contributed by atoms with Gasteiger partial charge in [-0.15, -0.1) is 0 Å². The number of anilines is 1. The summed E-state index contributed by atoms with van der Waals surface area (Å²) in [6, 6.07) is 2.00. The second-order valence-electron chi connectivity index (χ2n) is 3.53. The molecular formula is C10H15Cl2N3. The van der Waals surface area contributed by atoms with Gasteiger partial charge in [0.25, 0.3) is 0 Å². The van der Waals surface area contributed by atoms with E-state index >= 15 is 0 Å². The molecule has 1 aromatic heterocycles. The molecule has 1 heterocycles. The monoisotopic (exact) mass is 247 g/mol. The molecule has 1 rings (SSSR count). The molecule has 0 atom stereocenters. The fourth-order valence-electron chi connectivity index (χ4n) is 1.37. The fourth-order valence-corrected chi connectivity index (χ4v) is 1.86. The van der Waals surface area contributed by atoms with Crippen LogP contribution in [0.4, 0.5) is 5.82 Å². The predicted octanol–water partition coefficient (Wildman–Crippen LogP) is 2.56. The molecule has 3 nitrogen and oxygen atoms in total. The van der Waals surface area contributed by atoms with Crippen molar-refractivity contribution in [2.24, 2.45) is 5.73 Å². The van der Waals surface area contributed by atoms with Gasteiger partial charge in [0.15, 0.2) is 0 Å². The maximum absolute atomic E-state index is 6.07. The normalized spacial score (nSPS) is 10.8. The van der Waals surface area contributed by atoms with Gasteiger partial charge in [0.05, 0.1) is 10.0 Å². The molecule has 0 saturated carbocycles. The van der Waals surface area contributed by atoms with Crippen LogP contribution in [0.5, 0.6) is 0 Å². The van der Waals surface area contributed by atoms with Gasteiger partial charge >= 0.3 is 0 Å². The van der Waals surface area contributed by atoms with Crippen LogP contribution < -0.4 is 10.6 Å². The quantitative estimate of drug-likeness (QED) is 0.890. The van der Waals surface area contributed by atoms with E-state index in [1.807, 2.05) is 0 Å². The first-order chi connectivity index (χ1) is 7.06. The van der Waals surface area contributed by atoms with Crippen LogP contribution in [0.2, 0.25) is 10.0 Å². The molecule has 0 spiro atoms. The number of hydrogen-bond acceptors (Lipinski definition) is 3. The summed E-state index contributed by atoms with van der Waals surface area (Å²) in [5, 5.41) is 1.10. The number of nitrogens with two attached hydrogens (primary N) is 1. The van der Waals surface area contributed by atoms with E-state index in [9.17, 15) is 0 Å². The number of rotatable bonds is 4. The third-order valence-corrected chi connectivity index (χ3v) is 2.54. The zero-order valence-electron chi connectivity index (χ0n) is 8.87. The zero-order valence-corrected chi connectivity index (χ0v) is 10.4. The minimum absolute atomic E-state index is 0.305. The topological polar surface area (TPSA) is 42.1 Å². The Morgan fingerprint density at radius 2 is 2.13 bits per heavy atom. The van der Waals surface area contributed by atoms with Gasteiger partial charge in [0.1, 0.15) is 5.82 Å². The molecule has 0 radical (unpaired) electrons. The Morgan fingerprint density at radius 3 is 2.60 bits per heavy atom. The third-order valence-electron chi connectivity index (χ3n) is 2.05. The summed E-state index contributed by atoms with van der Waals surface area (Å²) in [4.78, 5) is 6.28. The summed E-state index contributed by atoms with van der Waals surface area (Å²) in [6.07, 6.45) is 1.59. The van der Waals surface area contributed by atoms with E-state index in [-0.39, 0.29) is 0 Å². The molecule has 0 bridgehead atoms. The summed E-state index contributed by atoms with van der Waals surface area (Å²) in [7, 11) is 0. The Hall–Kier alpha value is -0.510. The number of halogens is 2. The zero-order chi connectivity index (χ0) is 11.4. The van der Waals surface area contributed by atoms with E-state index < -0.39 is 0 Å². The number of hydrogen-bond donors (Lipinski definition) is 1. The average Bonchev–Trinajstić information content (AvgIpc) is 2.15. The highest BCUT2D eigenvalue weighted by Gasteiger charge is 2.14. The smallest absolute Gasteiger partial charge is 0.147 e. The van der Waals surface area contributed by atoms with E-state index in [0.29, 0.717) is 22.6 Å². The van der Waals surface area contributed by atoms with Crippen LogP contribution >= 0.6 is 23.2 Å². The Balaban J connectivity index is 3.00. The van der Waals surface area contributed by atoms with Crippen LogP contribution in [-0.4, -0.2) is 24.1 Å². The molecule has 0 fully saturated rings. The Bertz CT molecular complexity index is 328. The van der Waals surface area contributed by atoms with Gasteiger partial charge in [-0.1, -0.05) is 23.2 Å². The first-order valence-corrected chi connectivity index (χ1v) is 5.59. The highest BCUT2D eigenvalue weighted by atomic mass is 35.5. The largest absolute Gasteiger partial charge is 0.352 e. The molecule has 0 unspecified atom stereocenters. The summed E-state index contributed by atoms with van der Waals surface area (Å²) in [5.74, 6) is 0.738. The third kappa shape index (κ3) is 3.23. The second-order valence-corrected chi connectivity index (χ2v) is 4.38. The Labute approximate surface area is 100 Å². The fraction of sp³-hybridized carbons (Fsp3) is 0.500. The SMILES string of the molecule is CC(C)N(CCN)c1ncc(Cl)cc1Cl. The van der Waals surface area contributed by atoms with Gasteiger partial charge in [-0.25, -0.2) is 4.98 Å². The van der Waals surface area contributed by atoms with Crippen LogP contribution in [-0.2, 0) is 0 Å². The summed E-state index contributed by atoms with van der Waals surface area (Å²) in [6.45, 7) is 5.44. The lowest BCUT2D eigenvalue weighted by molar-refractivity contribution is 0.675. The Kier molecular flexibility index (Phi) is 4.64. The number of pyridine rings is 1. The molecular weight excluding hydrogens is 233 g/mol. The lowest BCUT2D eigenvalue weighted by Gasteiger charge is -2.28. The van der Waals surface area contributed by atoms with Crippen LogP contribution in [0.3, 0.4) is 0 Å². The predicted molar refractivity (Wildman–Crippen MR) is 65.8 cm³/mol. The van der Waals surface area contributed by atoms with Crippen LogP contribution in [0, 0.1) is 0 Å². The lowest BCUT2D eigenvalue weighted by atomic mass is 10.3. The first-order valence-electron chi connectivity index (χ1n) is 4.84. The highest BCUT2D eigenvalue weighted by Crippen LogP contribution is 2.26. The molecule has 15 heavy (non-hydrogen) atoms. The molecule has 0 aliphatic rings. The van der Waals surface area contributed by atoms with Crippen molar-refractivity contribution in [1.82, 2.24) is 4.98 Å². The summed E-state index contributed by atoms with van der Waals surface area (Å²) < 4.78 is 0. The van der Waals surface area contributed by atoms with Gasteiger partial charge in [-0.05, 0) is 19.9 Å². The molecule has 5 heteroatoms. The molecule has 1 aromatic rings. The lowest BCUT2D eigenvalue weighted by Crippen LogP contribution is -2.36. The van der Waals surface area contributed by atoms with Gasteiger partial charge in [0, 0.05) is 25.3 Å². The van der Waals surface area contributed by atoms with Crippen molar-refractivity contribution in [2.45, 2.75) is 19.9 Å². The maximum Gasteiger partial charge on any atom is 0.147 e. The van der Waals surface area contributed by atoms with Crippen molar-refractivity contribution in [3.05, 3.63) is 22.3 Å². The van der Waals surface area contributed by atoms with Crippen LogP contribution in [0.25, 0.3) is 0 Å². The van der Waals surface area contributed by atoms with Gasteiger partial charge in [-0.3, -0.25) is 0 Å². The van der Waals surface area contributed by atoms with Crippen molar-refractivity contribution >= 4 is 29.0 Å². The highest BCUT2D eigenvalue weighted by molar-refractivity contribution is 6.36. The molecule has 84 valence electrons. The molecule has 0 amide bonds. The Morgan fingerprint density at radius 1 is 1.47 bits per heavy atom. The van der Waals surface area contributed by atoms with Gasteiger partial charge in [-0.2, -0.15) is 0 Å². The van der Waals surface area contributed by atoms with E-state index in [4.69, 9.17) is 28.9 Å². The molecule has 0 saturated heterocycles. The standard InChI is InChI=1S/C10H15Cl2N3/c1-7(2)15(4-3-13)10-9(12)5-8(11)6-14-10/h5-7H,3-4,13H2,1-2H3. The molecule has 0 aliphatic carbocycles. The molecule has 0 aliphatic heterocycles. The van der Waals surface area contributed by atoms with E-state index in [1.54, 1.807) is 12.3 Å². The number of nitrogens with zero attached hydrogens (tertiary/aromatic N) is 2. The van der Waals surface area contributed by atoms with E-state index in [0.717, 1.165) is 12.4 Å². The average molecular weight is 248 g/mol.